The van der Waals surface area contributed by atoms with Gasteiger partial charge in [-0.3, -0.25) is 4.79 Å². The zero-order chi connectivity index (χ0) is 11.5. The Morgan fingerprint density at radius 2 is 2.27 bits per heavy atom. The molecule has 0 bridgehead atoms. The second-order valence-corrected chi connectivity index (χ2v) is 5.58. The highest BCUT2D eigenvalue weighted by Gasteiger charge is 2.27. The molecule has 1 rings (SSSR count). The van der Waals surface area contributed by atoms with Crippen LogP contribution in [-0.2, 0) is 10.5 Å². The summed E-state index contributed by atoms with van der Waals surface area (Å²) in [6.45, 7) is 3.37. The largest absolute Gasteiger partial charge is 0.480 e. The van der Waals surface area contributed by atoms with Crippen molar-refractivity contribution in [3.63, 3.8) is 0 Å². The number of carboxylic acids is 1. The van der Waals surface area contributed by atoms with E-state index < -0.39 is 10.7 Å². The van der Waals surface area contributed by atoms with E-state index in [0.717, 1.165) is 5.56 Å². The van der Waals surface area contributed by atoms with Gasteiger partial charge in [0.15, 0.2) is 0 Å². The molecule has 0 fully saturated rings. The van der Waals surface area contributed by atoms with Gasteiger partial charge in [0.05, 0.1) is 0 Å². The van der Waals surface area contributed by atoms with Crippen LogP contribution in [0.2, 0.25) is 5.15 Å². The normalized spacial score (nSPS) is 11.4. The topological polar surface area (TPSA) is 50.2 Å². The molecule has 1 N–H and O–H groups in total. The Hall–Kier alpha value is -0.740. The van der Waals surface area contributed by atoms with E-state index in [1.165, 1.54) is 11.8 Å². The lowest BCUT2D eigenvalue weighted by atomic mass is 10.2. The Bertz CT molecular complexity index is 351. The highest BCUT2D eigenvalue weighted by atomic mass is 35.5. The van der Waals surface area contributed by atoms with Gasteiger partial charge in [0.2, 0.25) is 0 Å². The molecule has 0 unspecified atom stereocenters. The summed E-state index contributed by atoms with van der Waals surface area (Å²) in [5.41, 5.74) is 0.971. The van der Waals surface area contributed by atoms with Crippen LogP contribution in [0.15, 0.2) is 18.3 Å². The summed E-state index contributed by atoms with van der Waals surface area (Å²) in [6.07, 6.45) is 1.66. The summed E-state index contributed by atoms with van der Waals surface area (Å²) in [6, 6.07) is 3.55. The van der Waals surface area contributed by atoms with Crippen molar-refractivity contribution >= 4 is 29.3 Å². The van der Waals surface area contributed by atoms with E-state index in [2.05, 4.69) is 4.98 Å². The zero-order valence-electron chi connectivity index (χ0n) is 8.53. The maximum atomic E-state index is 10.8. The van der Waals surface area contributed by atoms with Gasteiger partial charge in [0.25, 0.3) is 0 Å². The minimum atomic E-state index is -0.811. The van der Waals surface area contributed by atoms with Gasteiger partial charge in [-0.2, -0.15) is 0 Å². The Kier molecular flexibility index (Phi) is 3.99. The molecule has 1 heterocycles. The number of carboxylic acid groups (broad SMARTS) is 1. The van der Waals surface area contributed by atoms with Gasteiger partial charge in [-0.15, -0.1) is 11.8 Å². The summed E-state index contributed by atoms with van der Waals surface area (Å²) in [5.74, 6) is -0.196. The number of aromatic nitrogens is 1. The van der Waals surface area contributed by atoms with E-state index in [9.17, 15) is 4.79 Å². The minimum Gasteiger partial charge on any atom is -0.480 e. The maximum absolute atomic E-state index is 10.8. The van der Waals surface area contributed by atoms with Gasteiger partial charge in [-0.05, 0) is 25.5 Å². The van der Waals surface area contributed by atoms with Crippen molar-refractivity contribution < 1.29 is 9.90 Å². The lowest BCUT2D eigenvalue weighted by Crippen LogP contribution is -2.27. The van der Waals surface area contributed by atoms with E-state index in [1.807, 2.05) is 6.07 Å². The molecule has 5 heteroatoms. The minimum absolute atomic E-state index is 0.446. The first-order chi connectivity index (χ1) is 6.92. The van der Waals surface area contributed by atoms with Crippen LogP contribution < -0.4 is 0 Å². The van der Waals surface area contributed by atoms with E-state index in [0.29, 0.717) is 10.9 Å². The van der Waals surface area contributed by atoms with E-state index in [1.54, 1.807) is 26.1 Å². The predicted molar refractivity (Wildman–Crippen MR) is 62.3 cm³/mol. The van der Waals surface area contributed by atoms with E-state index in [4.69, 9.17) is 16.7 Å². The number of aliphatic carboxylic acids is 1. The van der Waals surface area contributed by atoms with Crippen LogP contribution in [0.25, 0.3) is 0 Å². The molecule has 1 aromatic rings. The SMILES string of the molecule is CC(C)(SCc1ccc(Cl)nc1)C(=O)O. The van der Waals surface area contributed by atoms with Crippen LogP contribution in [0.3, 0.4) is 0 Å². The molecule has 1 aromatic heterocycles. The Morgan fingerprint density at radius 3 is 2.73 bits per heavy atom. The molecule has 15 heavy (non-hydrogen) atoms. The van der Waals surface area contributed by atoms with Crippen molar-refractivity contribution in [1.82, 2.24) is 4.98 Å². The van der Waals surface area contributed by atoms with Gasteiger partial charge in [-0.1, -0.05) is 17.7 Å². The number of hydrogen-bond donors (Lipinski definition) is 1. The second-order valence-electron chi connectivity index (χ2n) is 3.59. The predicted octanol–water partition coefficient (Wildman–Crippen LogP) is 2.83. The molecule has 0 aliphatic carbocycles. The average Bonchev–Trinajstić information content (AvgIpc) is 2.17. The van der Waals surface area contributed by atoms with Crippen molar-refractivity contribution in [3.8, 4) is 0 Å². The molecule has 0 aromatic carbocycles. The second kappa shape index (κ2) is 4.86. The first kappa shape index (κ1) is 12.3. The van der Waals surface area contributed by atoms with Crippen molar-refractivity contribution in [2.75, 3.05) is 0 Å². The first-order valence-electron chi connectivity index (χ1n) is 4.39. The highest BCUT2D eigenvalue weighted by Crippen LogP contribution is 2.28. The summed E-state index contributed by atoms with van der Waals surface area (Å²) in [4.78, 5) is 14.8. The lowest BCUT2D eigenvalue weighted by molar-refractivity contribution is -0.138. The molecule has 0 saturated carbocycles. The van der Waals surface area contributed by atoms with Crippen LogP contribution in [-0.4, -0.2) is 20.8 Å². The average molecular weight is 246 g/mol. The van der Waals surface area contributed by atoms with Crippen LogP contribution in [0.4, 0.5) is 0 Å². The lowest BCUT2D eigenvalue weighted by Gasteiger charge is -2.17. The van der Waals surface area contributed by atoms with Gasteiger partial charge in [0, 0.05) is 11.9 Å². The van der Waals surface area contributed by atoms with Crippen molar-refractivity contribution in [2.45, 2.75) is 24.3 Å². The van der Waals surface area contributed by atoms with Gasteiger partial charge >= 0.3 is 5.97 Å². The fourth-order valence-electron chi connectivity index (χ4n) is 0.817. The monoisotopic (exact) mass is 245 g/mol. The molecule has 0 aliphatic rings. The number of halogens is 1. The van der Waals surface area contributed by atoms with Crippen LogP contribution in [0, 0.1) is 0 Å². The molecule has 0 saturated heterocycles. The molecular weight excluding hydrogens is 234 g/mol. The maximum Gasteiger partial charge on any atom is 0.319 e. The van der Waals surface area contributed by atoms with Crippen LogP contribution in [0.1, 0.15) is 19.4 Å². The third kappa shape index (κ3) is 3.72. The van der Waals surface area contributed by atoms with Gasteiger partial charge in [0.1, 0.15) is 9.90 Å². The summed E-state index contributed by atoms with van der Waals surface area (Å²) >= 11 is 7.00. The van der Waals surface area contributed by atoms with Crippen molar-refractivity contribution in [2.24, 2.45) is 0 Å². The Balaban J connectivity index is 2.57. The highest BCUT2D eigenvalue weighted by molar-refractivity contribution is 8.00. The number of carbonyl (C=O) groups is 1. The number of nitrogens with zero attached hydrogens (tertiary/aromatic N) is 1. The summed E-state index contributed by atoms with van der Waals surface area (Å²) in [5, 5.41) is 9.35. The molecule has 0 aliphatic heterocycles. The first-order valence-corrected chi connectivity index (χ1v) is 5.76. The number of hydrogen-bond acceptors (Lipinski definition) is 3. The molecule has 0 atom stereocenters. The molecule has 0 radical (unpaired) electrons. The fraction of sp³-hybridized carbons (Fsp3) is 0.400. The molecular formula is C10H12ClNO2S. The van der Waals surface area contributed by atoms with Crippen LogP contribution >= 0.6 is 23.4 Å². The fourth-order valence-corrected chi connectivity index (χ4v) is 1.75. The Morgan fingerprint density at radius 1 is 1.60 bits per heavy atom. The van der Waals surface area contributed by atoms with Crippen molar-refractivity contribution in [1.29, 1.82) is 0 Å². The quantitative estimate of drug-likeness (QED) is 0.829. The van der Waals surface area contributed by atoms with Crippen molar-refractivity contribution in [3.05, 3.63) is 29.0 Å². The third-order valence-electron chi connectivity index (χ3n) is 1.90. The van der Waals surface area contributed by atoms with E-state index >= 15 is 0 Å². The summed E-state index contributed by atoms with van der Waals surface area (Å²) < 4.78 is -0.778. The summed E-state index contributed by atoms with van der Waals surface area (Å²) in [7, 11) is 0. The molecule has 82 valence electrons. The zero-order valence-corrected chi connectivity index (χ0v) is 10.1. The molecule has 0 amide bonds. The van der Waals surface area contributed by atoms with E-state index in [-0.39, 0.29) is 0 Å². The van der Waals surface area contributed by atoms with Crippen LogP contribution in [0.5, 0.6) is 0 Å². The standard InChI is InChI=1S/C10H12ClNO2S/c1-10(2,9(13)14)15-6-7-3-4-8(11)12-5-7/h3-5H,6H2,1-2H3,(H,13,14). The van der Waals surface area contributed by atoms with Gasteiger partial charge < -0.3 is 5.11 Å². The third-order valence-corrected chi connectivity index (χ3v) is 3.50. The number of pyridine rings is 1. The Labute approximate surface area is 97.9 Å². The number of thioether (sulfide) groups is 1. The molecule has 0 spiro atoms. The van der Waals surface area contributed by atoms with Gasteiger partial charge in [-0.25, -0.2) is 4.98 Å². The molecule has 3 nitrogen and oxygen atoms in total. The smallest absolute Gasteiger partial charge is 0.319 e. The number of rotatable bonds is 4.